The monoisotopic (exact) mass is 248 g/mol. The highest BCUT2D eigenvalue weighted by atomic mass is 32.1. The molecule has 1 fully saturated rings. The van der Waals surface area contributed by atoms with Gasteiger partial charge in [0, 0.05) is 12.6 Å². The summed E-state index contributed by atoms with van der Waals surface area (Å²) in [6, 6.07) is 8.99. The molecule has 1 aromatic carbocycles. The molecule has 0 atom stereocenters. The Labute approximate surface area is 109 Å². The van der Waals surface area contributed by atoms with Crippen molar-refractivity contribution in [1.82, 2.24) is 10.6 Å². The Kier molecular flexibility index (Phi) is 4.37. The van der Waals surface area contributed by atoms with E-state index in [1.807, 2.05) is 0 Å². The zero-order chi connectivity index (χ0) is 12.1. The molecule has 0 radical (unpaired) electrons. The van der Waals surface area contributed by atoms with E-state index < -0.39 is 0 Å². The van der Waals surface area contributed by atoms with Crippen molar-refractivity contribution in [2.24, 2.45) is 0 Å². The third-order valence-electron chi connectivity index (χ3n) is 3.39. The van der Waals surface area contributed by atoms with Crippen molar-refractivity contribution < 1.29 is 0 Å². The molecule has 1 aliphatic rings. The number of aryl methyl sites for hydroxylation is 1. The summed E-state index contributed by atoms with van der Waals surface area (Å²) in [6.07, 6.45) is 5.18. The summed E-state index contributed by atoms with van der Waals surface area (Å²) in [5, 5.41) is 7.47. The minimum absolute atomic E-state index is 0.590. The van der Waals surface area contributed by atoms with Gasteiger partial charge in [-0.2, -0.15) is 0 Å². The molecule has 1 aliphatic carbocycles. The lowest BCUT2D eigenvalue weighted by molar-refractivity contribution is 0.621. The summed E-state index contributed by atoms with van der Waals surface area (Å²) in [6.45, 7) is 2.94. The first-order chi connectivity index (χ1) is 8.25. The molecule has 0 aliphatic heterocycles. The van der Waals surface area contributed by atoms with Crippen LogP contribution in [0.5, 0.6) is 0 Å². The maximum atomic E-state index is 5.31. The lowest BCUT2D eigenvalue weighted by atomic mass is 10.1. The van der Waals surface area contributed by atoms with Gasteiger partial charge >= 0.3 is 0 Å². The Balaban J connectivity index is 1.77. The van der Waals surface area contributed by atoms with Gasteiger partial charge in [0.25, 0.3) is 0 Å². The van der Waals surface area contributed by atoms with Crippen LogP contribution in [-0.4, -0.2) is 11.2 Å². The van der Waals surface area contributed by atoms with E-state index in [0.29, 0.717) is 6.04 Å². The van der Waals surface area contributed by atoms with Crippen LogP contribution in [-0.2, 0) is 6.54 Å². The Morgan fingerprint density at radius 1 is 1.29 bits per heavy atom. The quantitative estimate of drug-likeness (QED) is 0.804. The average molecular weight is 248 g/mol. The zero-order valence-corrected chi connectivity index (χ0v) is 11.1. The van der Waals surface area contributed by atoms with Crippen LogP contribution >= 0.6 is 12.2 Å². The van der Waals surface area contributed by atoms with Crippen LogP contribution in [0.1, 0.15) is 36.8 Å². The van der Waals surface area contributed by atoms with Gasteiger partial charge in [-0.25, -0.2) is 0 Å². The summed E-state index contributed by atoms with van der Waals surface area (Å²) in [5.41, 5.74) is 2.62. The molecular weight excluding hydrogens is 228 g/mol. The van der Waals surface area contributed by atoms with Crippen molar-refractivity contribution >= 4 is 17.3 Å². The van der Waals surface area contributed by atoms with Crippen LogP contribution in [0.4, 0.5) is 0 Å². The molecule has 0 heterocycles. The van der Waals surface area contributed by atoms with E-state index in [4.69, 9.17) is 12.2 Å². The van der Waals surface area contributed by atoms with Crippen molar-refractivity contribution in [2.75, 3.05) is 0 Å². The molecule has 0 aromatic heterocycles. The normalized spacial score (nSPS) is 15.8. The summed E-state index contributed by atoms with van der Waals surface area (Å²) in [4.78, 5) is 0. The molecule has 2 rings (SSSR count). The van der Waals surface area contributed by atoms with Gasteiger partial charge in [-0.15, -0.1) is 0 Å². The summed E-state index contributed by atoms with van der Waals surface area (Å²) in [7, 11) is 0. The van der Waals surface area contributed by atoms with Crippen molar-refractivity contribution in [3.8, 4) is 0 Å². The molecule has 2 nitrogen and oxygen atoms in total. The molecule has 0 amide bonds. The maximum absolute atomic E-state index is 5.31. The second-order valence-electron chi connectivity index (χ2n) is 4.73. The van der Waals surface area contributed by atoms with E-state index in [1.165, 1.54) is 36.8 Å². The van der Waals surface area contributed by atoms with E-state index in [0.717, 1.165) is 11.7 Å². The van der Waals surface area contributed by atoms with Gasteiger partial charge in [-0.1, -0.05) is 37.1 Å². The molecule has 1 saturated carbocycles. The van der Waals surface area contributed by atoms with Crippen LogP contribution in [0.25, 0.3) is 0 Å². The Hall–Kier alpha value is -1.09. The van der Waals surface area contributed by atoms with Crippen LogP contribution in [0.2, 0.25) is 0 Å². The van der Waals surface area contributed by atoms with E-state index in [-0.39, 0.29) is 0 Å². The molecule has 3 heteroatoms. The maximum Gasteiger partial charge on any atom is 0.166 e. The standard InChI is InChI=1S/C14H20N2S/c1-11-6-2-3-7-12(11)10-15-14(17)16-13-8-4-5-9-13/h2-3,6-7,13H,4-5,8-10H2,1H3,(H2,15,16,17). The minimum atomic E-state index is 0.590. The molecule has 0 saturated heterocycles. The molecular formula is C14H20N2S. The lowest BCUT2D eigenvalue weighted by Gasteiger charge is -2.16. The van der Waals surface area contributed by atoms with Crippen LogP contribution in [0, 0.1) is 6.92 Å². The van der Waals surface area contributed by atoms with E-state index in [1.54, 1.807) is 0 Å². The van der Waals surface area contributed by atoms with Crippen molar-refractivity contribution in [2.45, 2.75) is 45.2 Å². The Morgan fingerprint density at radius 2 is 2.00 bits per heavy atom. The van der Waals surface area contributed by atoms with Gasteiger partial charge < -0.3 is 10.6 Å². The molecule has 92 valence electrons. The van der Waals surface area contributed by atoms with Gasteiger partial charge in [0.15, 0.2) is 5.11 Å². The summed E-state index contributed by atoms with van der Waals surface area (Å²) >= 11 is 5.31. The number of thiocarbonyl (C=S) groups is 1. The molecule has 0 spiro atoms. The Bertz CT molecular complexity index is 384. The largest absolute Gasteiger partial charge is 0.360 e. The highest BCUT2D eigenvalue weighted by Crippen LogP contribution is 2.17. The topological polar surface area (TPSA) is 24.1 Å². The Morgan fingerprint density at radius 3 is 2.71 bits per heavy atom. The average Bonchev–Trinajstić information content (AvgIpc) is 2.81. The molecule has 0 unspecified atom stereocenters. The number of hydrogen-bond donors (Lipinski definition) is 2. The van der Waals surface area contributed by atoms with E-state index in [2.05, 4.69) is 41.8 Å². The molecule has 0 bridgehead atoms. The predicted molar refractivity (Wildman–Crippen MR) is 76.0 cm³/mol. The van der Waals surface area contributed by atoms with Crippen molar-refractivity contribution in [1.29, 1.82) is 0 Å². The van der Waals surface area contributed by atoms with Crippen LogP contribution < -0.4 is 10.6 Å². The fourth-order valence-electron chi connectivity index (χ4n) is 2.29. The first-order valence-electron chi connectivity index (χ1n) is 6.34. The number of rotatable bonds is 3. The van der Waals surface area contributed by atoms with Gasteiger partial charge in [-0.05, 0) is 43.1 Å². The van der Waals surface area contributed by atoms with E-state index in [9.17, 15) is 0 Å². The lowest BCUT2D eigenvalue weighted by Crippen LogP contribution is -2.40. The highest BCUT2D eigenvalue weighted by molar-refractivity contribution is 7.80. The first kappa shape index (κ1) is 12.4. The SMILES string of the molecule is Cc1ccccc1CNC(=S)NC1CCCC1. The van der Waals surface area contributed by atoms with Gasteiger partial charge in [0.05, 0.1) is 0 Å². The van der Waals surface area contributed by atoms with E-state index >= 15 is 0 Å². The zero-order valence-electron chi connectivity index (χ0n) is 10.3. The van der Waals surface area contributed by atoms with Gasteiger partial charge in [-0.3, -0.25) is 0 Å². The third-order valence-corrected chi connectivity index (χ3v) is 3.65. The molecule has 2 N–H and O–H groups in total. The van der Waals surface area contributed by atoms with Gasteiger partial charge in [0.1, 0.15) is 0 Å². The number of nitrogens with one attached hydrogen (secondary N) is 2. The van der Waals surface area contributed by atoms with Crippen molar-refractivity contribution in [3.05, 3.63) is 35.4 Å². The fourth-order valence-corrected chi connectivity index (χ4v) is 2.53. The summed E-state index contributed by atoms with van der Waals surface area (Å²) < 4.78 is 0. The smallest absolute Gasteiger partial charge is 0.166 e. The number of benzene rings is 1. The minimum Gasteiger partial charge on any atom is -0.360 e. The second kappa shape index (κ2) is 6.01. The molecule has 17 heavy (non-hydrogen) atoms. The first-order valence-corrected chi connectivity index (χ1v) is 6.75. The third kappa shape index (κ3) is 3.70. The van der Waals surface area contributed by atoms with Crippen LogP contribution in [0.15, 0.2) is 24.3 Å². The fraction of sp³-hybridized carbons (Fsp3) is 0.500. The molecule has 1 aromatic rings. The summed E-state index contributed by atoms with van der Waals surface area (Å²) in [5.74, 6) is 0. The second-order valence-corrected chi connectivity index (χ2v) is 5.14. The van der Waals surface area contributed by atoms with Gasteiger partial charge in [0.2, 0.25) is 0 Å². The highest BCUT2D eigenvalue weighted by Gasteiger charge is 2.15. The predicted octanol–water partition coefficient (Wildman–Crippen LogP) is 2.90. The number of hydrogen-bond acceptors (Lipinski definition) is 1. The van der Waals surface area contributed by atoms with Crippen molar-refractivity contribution in [3.63, 3.8) is 0 Å². The van der Waals surface area contributed by atoms with Crippen LogP contribution in [0.3, 0.4) is 0 Å².